The first-order valence-corrected chi connectivity index (χ1v) is 10.4. The summed E-state index contributed by atoms with van der Waals surface area (Å²) in [6, 6.07) is 3.87. The van der Waals surface area contributed by atoms with Crippen LogP contribution in [0.1, 0.15) is 61.3 Å². The number of piperidine rings is 1. The van der Waals surface area contributed by atoms with Crippen LogP contribution < -0.4 is 0 Å². The quantitative estimate of drug-likeness (QED) is 0.831. The molecular formula is C21H33N3O2. The molecule has 0 N–H and O–H groups in total. The van der Waals surface area contributed by atoms with Crippen molar-refractivity contribution in [2.45, 2.75) is 51.5 Å². The minimum atomic E-state index is 0.0858. The fraction of sp³-hybridized carbons (Fsp3) is 0.762. The summed E-state index contributed by atoms with van der Waals surface area (Å²) >= 11 is 0. The lowest BCUT2D eigenvalue weighted by molar-refractivity contribution is 0.0700. The van der Waals surface area contributed by atoms with Crippen LogP contribution in [-0.4, -0.2) is 66.9 Å². The molecule has 1 aromatic heterocycles. The van der Waals surface area contributed by atoms with E-state index in [-0.39, 0.29) is 5.91 Å². The van der Waals surface area contributed by atoms with E-state index in [0.29, 0.717) is 11.2 Å². The molecule has 5 heteroatoms. The Hall–Kier alpha value is -1.33. The zero-order valence-corrected chi connectivity index (χ0v) is 16.2. The molecule has 0 saturated carbocycles. The van der Waals surface area contributed by atoms with Gasteiger partial charge in [-0.1, -0.05) is 0 Å². The van der Waals surface area contributed by atoms with Crippen LogP contribution >= 0.6 is 0 Å². The van der Waals surface area contributed by atoms with Crippen molar-refractivity contribution in [3.8, 4) is 0 Å². The van der Waals surface area contributed by atoms with Crippen molar-refractivity contribution in [2.75, 3.05) is 46.3 Å². The molecule has 0 aromatic carbocycles. The number of rotatable bonds is 3. The van der Waals surface area contributed by atoms with E-state index in [0.717, 1.165) is 51.3 Å². The Morgan fingerprint density at radius 3 is 2.46 bits per heavy atom. The third kappa shape index (κ3) is 3.99. The number of likely N-dealkylation sites (tertiary alicyclic amines) is 3. The van der Waals surface area contributed by atoms with Gasteiger partial charge in [-0.2, -0.15) is 0 Å². The highest BCUT2D eigenvalue weighted by Crippen LogP contribution is 2.41. The molecule has 0 radical (unpaired) electrons. The fourth-order valence-corrected chi connectivity index (χ4v) is 4.94. The number of hydrogen-bond acceptors (Lipinski definition) is 4. The third-order valence-corrected chi connectivity index (χ3v) is 6.83. The summed E-state index contributed by atoms with van der Waals surface area (Å²) in [4.78, 5) is 19.8. The van der Waals surface area contributed by atoms with Gasteiger partial charge in [0.25, 0.3) is 5.91 Å². The third-order valence-electron chi connectivity index (χ3n) is 6.83. The number of furan rings is 1. The summed E-state index contributed by atoms with van der Waals surface area (Å²) in [7, 11) is 2.22. The number of hydrogen-bond donors (Lipinski definition) is 0. The van der Waals surface area contributed by atoms with Crippen LogP contribution in [0.25, 0.3) is 0 Å². The van der Waals surface area contributed by atoms with Gasteiger partial charge in [0.1, 0.15) is 5.76 Å². The lowest BCUT2D eigenvalue weighted by atomic mass is 9.73. The van der Waals surface area contributed by atoms with E-state index < -0.39 is 0 Å². The number of carbonyl (C=O) groups excluding carboxylic acids is 1. The molecule has 1 spiro atoms. The number of carbonyl (C=O) groups is 1. The summed E-state index contributed by atoms with van der Waals surface area (Å²) in [5, 5.41) is 0. The number of amides is 1. The molecule has 1 amide bonds. The lowest BCUT2D eigenvalue weighted by Gasteiger charge is -2.40. The zero-order valence-electron chi connectivity index (χ0n) is 16.2. The topological polar surface area (TPSA) is 39.9 Å². The largest absolute Gasteiger partial charge is 0.455 e. The van der Waals surface area contributed by atoms with Crippen LogP contribution in [0, 0.1) is 5.41 Å². The van der Waals surface area contributed by atoms with Crippen LogP contribution in [0.2, 0.25) is 0 Å². The minimum Gasteiger partial charge on any atom is -0.455 e. The highest BCUT2D eigenvalue weighted by molar-refractivity contribution is 5.91. The monoisotopic (exact) mass is 359 g/mol. The molecule has 3 fully saturated rings. The Balaban J connectivity index is 1.35. The van der Waals surface area contributed by atoms with Crippen molar-refractivity contribution in [2.24, 2.45) is 5.41 Å². The predicted octanol–water partition coefficient (Wildman–Crippen LogP) is 3.21. The Morgan fingerprint density at radius 2 is 1.69 bits per heavy atom. The molecule has 1 aromatic rings. The van der Waals surface area contributed by atoms with Gasteiger partial charge >= 0.3 is 0 Å². The first kappa shape index (κ1) is 18.1. The molecule has 0 unspecified atom stereocenters. The predicted molar refractivity (Wildman–Crippen MR) is 102 cm³/mol. The molecule has 0 aliphatic carbocycles. The molecule has 3 aliphatic rings. The highest BCUT2D eigenvalue weighted by atomic mass is 16.4. The van der Waals surface area contributed by atoms with E-state index in [9.17, 15) is 4.79 Å². The van der Waals surface area contributed by atoms with Crippen LogP contribution in [0.3, 0.4) is 0 Å². The maximum Gasteiger partial charge on any atom is 0.289 e. The van der Waals surface area contributed by atoms with E-state index in [1.54, 1.807) is 0 Å². The standard InChI is InChI=1S/C21H33N3O2/c1-22-14-8-21(9-15-22)7-4-13-24(16-10-21)20(25)19-6-5-18(26-19)17-23-11-2-3-12-23/h5-6H,2-4,7-17H2,1H3. The molecule has 0 bridgehead atoms. The van der Waals surface area contributed by atoms with Gasteiger partial charge in [0.2, 0.25) is 0 Å². The summed E-state index contributed by atoms with van der Waals surface area (Å²) in [6.45, 7) is 7.28. The van der Waals surface area contributed by atoms with Gasteiger partial charge in [-0.15, -0.1) is 0 Å². The first-order chi connectivity index (χ1) is 12.6. The average molecular weight is 360 g/mol. The normalized spacial score (nSPS) is 24.9. The second kappa shape index (κ2) is 7.73. The van der Waals surface area contributed by atoms with Gasteiger partial charge in [-0.25, -0.2) is 0 Å². The highest BCUT2D eigenvalue weighted by Gasteiger charge is 2.36. The van der Waals surface area contributed by atoms with E-state index in [4.69, 9.17) is 4.42 Å². The van der Waals surface area contributed by atoms with Crippen molar-refractivity contribution in [3.05, 3.63) is 23.7 Å². The summed E-state index contributed by atoms with van der Waals surface area (Å²) in [5.74, 6) is 1.54. The fourth-order valence-electron chi connectivity index (χ4n) is 4.94. The smallest absolute Gasteiger partial charge is 0.289 e. The molecule has 5 nitrogen and oxygen atoms in total. The lowest BCUT2D eigenvalue weighted by Crippen LogP contribution is -2.39. The molecule has 4 heterocycles. The Bertz CT molecular complexity index is 613. The molecule has 144 valence electrons. The van der Waals surface area contributed by atoms with E-state index in [1.807, 2.05) is 17.0 Å². The van der Waals surface area contributed by atoms with Crippen LogP contribution in [0.15, 0.2) is 16.5 Å². The van der Waals surface area contributed by atoms with E-state index in [2.05, 4.69) is 16.8 Å². The van der Waals surface area contributed by atoms with Gasteiger partial charge in [0.15, 0.2) is 5.76 Å². The maximum absolute atomic E-state index is 12.9. The van der Waals surface area contributed by atoms with Crippen molar-refractivity contribution < 1.29 is 9.21 Å². The maximum atomic E-state index is 12.9. The van der Waals surface area contributed by atoms with Gasteiger partial charge < -0.3 is 14.2 Å². The second-order valence-corrected chi connectivity index (χ2v) is 8.70. The molecule has 26 heavy (non-hydrogen) atoms. The number of nitrogens with zero attached hydrogens (tertiary/aromatic N) is 3. The van der Waals surface area contributed by atoms with Crippen molar-refractivity contribution in [3.63, 3.8) is 0 Å². The summed E-state index contributed by atoms with van der Waals surface area (Å²) in [5.41, 5.74) is 0.464. The molecular weight excluding hydrogens is 326 g/mol. The van der Waals surface area contributed by atoms with Crippen LogP contribution in [0.5, 0.6) is 0 Å². The van der Waals surface area contributed by atoms with E-state index >= 15 is 0 Å². The van der Waals surface area contributed by atoms with Crippen LogP contribution in [-0.2, 0) is 6.54 Å². The van der Waals surface area contributed by atoms with Gasteiger partial charge in [-0.05, 0) is 95.7 Å². The minimum absolute atomic E-state index is 0.0858. The first-order valence-electron chi connectivity index (χ1n) is 10.4. The Kier molecular flexibility index (Phi) is 5.37. The van der Waals surface area contributed by atoms with Gasteiger partial charge in [-0.3, -0.25) is 9.69 Å². The van der Waals surface area contributed by atoms with E-state index in [1.165, 1.54) is 45.2 Å². The molecule has 3 saturated heterocycles. The Morgan fingerprint density at radius 1 is 0.962 bits per heavy atom. The SMILES string of the molecule is CN1CCC2(CCCN(C(=O)c3ccc(CN4CCCC4)o3)CC2)CC1. The van der Waals surface area contributed by atoms with Crippen molar-refractivity contribution >= 4 is 5.91 Å². The Labute approximate surface area is 157 Å². The summed E-state index contributed by atoms with van der Waals surface area (Å²) < 4.78 is 5.91. The molecule has 3 aliphatic heterocycles. The second-order valence-electron chi connectivity index (χ2n) is 8.70. The average Bonchev–Trinajstić information content (AvgIpc) is 3.28. The van der Waals surface area contributed by atoms with Gasteiger partial charge in [0.05, 0.1) is 6.54 Å². The van der Waals surface area contributed by atoms with Crippen molar-refractivity contribution in [1.29, 1.82) is 0 Å². The summed E-state index contributed by atoms with van der Waals surface area (Å²) in [6.07, 6.45) is 8.65. The van der Waals surface area contributed by atoms with Gasteiger partial charge in [0, 0.05) is 13.1 Å². The van der Waals surface area contributed by atoms with Crippen molar-refractivity contribution in [1.82, 2.24) is 14.7 Å². The molecule has 0 atom stereocenters. The zero-order chi connectivity index (χ0) is 18.0. The molecule has 4 rings (SSSR count). The van der Waals surface area contributed by atoms with Crippen LogP contribution in [0.4, 0.5) is 0 Å².